The normalized spacial score (nSPS) is 22.1. The van der Waals surface area contributed by atoms with Crippen molar-refractivity contribution in [3.8, 4) is 0 Å². The second-order valence-corrected chi connectivity index (χ2v) is 4.82. The van der Waals surface area contributed by atoms with E-state index in [0.29, 0.717) is 25.2 Å². The molecule has 4 nitrogen and oxygen atoms in total. The summed E-state index contributed by atoms with van der Waals surface area (Å²) in [4.78, 5) is 11.3. The lowest BCUT2D eigenvalue weighted by Crippen LogP contribution is -2.39. The van der Waals surface area contributed by atoms with Crippen LogP contribution in [0.25, 0.3) is 0 Å². The molecule has 2 atom stereocenters. The van der Waals surface area contributed by atoms with Gasteiger partial charge in [-0.15, -0.1) is 0 Å². The first-order valence-corrected chi connectivity index (χ1v) is 5.62. The fraction of sp³-hybridized carbons (Fsp3) is 0.909. The number of hydrogen-bond donors (Lipinski definition) is 3. The van der Waals surface area contributed by atoms with Gasteiger partial charge in [-0.25, -0.2) is 0 Å². The highest BCUT2D eigenvalue weighted by atomic mass is 16.4. The summed E-state index contributed by atoms with van der Waals surface area (Å²) in [6.45, 7) is 1.85. The molecule has 0 amide bonds. The largest absolute Gasteiger partial charge is 0.481 e. The van der Waals surface area contributed by atoms with Crippen LogP contribution in [0.15, 0.2) is 0 Å². The minimum Gasteiger partial charge on any atom is -0.481 e. The molecular formula is C11H21NO3. The third-order valence-corrected chi connectivity index (χ3v) is 3.26. The molecule has 1 rings (SSSR count). The molecule has 0 aliphatic heterocycles. The van der Waals surface area contributed by atoms with Gasteiger partial charge in [-0.05, 0) is 32.1 Å². The fourth-order valence-electron chi connectivity index (χ4n) is 1.93. The van der Waals surface area contributed by atoms with Gasteiger partial charge in [0.25, 0.3) is 0 Å². The van der Waals surface area contributed by atoms with Crippen molar-refractivity contribution < 1.29 is 15.0 Å². The molecule has 2 unspecified atom stereocenters. The quantitative estimate of drug-likeness (QED) is 0.591. The van der Waals surface area contributed by atoms with Crippen LogP contribution in [0.5, 0.6) is 0 Å². The second-order valence-electron chi connectivity index (χ2n) is 4.82. The molecule has 1 aliphatic rings. The molecule has 0 spiro atoms. The van der Waals surface area contributed by atoms with Crippen LogP contribution >= 0.6 is 0 Å². The first-order chi connectivity index (χ1) is 7.00. The minimum atomic E-state index is -0.808. The van der Waals surface area contributed by atoms with Crippen molar-refractivity contribution in [2.24, 2.45) is 17.1 Å². The van der Waals surface area contributed by atoms with Gasteiger partial charge in [-0.2, -0.15) is 0 Å². The molecule has 0 bridgehead atoms. The summed E-state index contributed by atoms with van der Waals surface area (Å²) in [7, 11) is 0. The van der Waals surface area contributed by atoms with Gasteiger partial charge < -0.3 is 15.9 Å². The van der Waals surface area contributed by atoms with Crippen molar-refractivity contribution in [3.05, 3.63) is 0 Å². The van der Waals surface area contributed by atoms with Crippen molar-refractivity contribution in [1.82, 2.24) is 0 Å². The second kappa shape index (κ2) is 4.94. The fourth-order valence-corrected chi connectivity index (χ4v) is 1.93. The molecule has 0 saturated heterocycles. The van der Waals surface area contributed by atoms with Gasteiger partial charge >= 0.3 is 5.97 Å². The third kappa shape index (κ3) is 3.47. The van der Waals surface area contributed by atoms with E-state index in [2.05, 4.69) is 0 Å². The van der Waals surface area contributed by atoms with Crippen LogP contribution in [0.2, 0.25) is 0 Å². The molecule has 4 N–H and O–H groups in total. The number of nitrogens with two attached hydrogens (primary N) is 1. The van der Waals surface area contributed by atoms with E-state index in [1.54, 1.807) is 6.92 Å². The first-order valence-electron chi connectivity index (χ1n) is 5.62. The molecule has 1 saturated carbocycles. The number of carbonyl (C=O) groups is 1. The Labute approximate surface area is 90.5 Å². The number of aliphatic hydroxyl groups excluding tert-OH is 1. The third-order valence-electron chi connectivity index (χ3n) is 3.26. The molecule has 0 aromatic carbocycles. The SMILES string of the molecule is CC(O)CCC(CN)(CC1CC1)C(=O)O. The Morgan fingerprint density at radius 3 is 2.53 bits per heavy atom. The lowest BCUT2D eigenvalue weighted by molar-refractivity contribution is -0.150. The monoisotopic (exact) mass is 215 g/mol. The Hall–Kier alpha value is -0.610. The zero-order chi connectivity index (χ0) is 11.5. The van der Waals surface area contributed by atoms with Gasteiger partial charge in [-0.1, -0.05) is 12.8 Å². The lowest BCUT2D eigenvalue weighted by Gasteiger charge is -2.28. The molecule has 0 aromatic rings. The molecule has 0 heterocycles. The van der Waals surface area contributed by atoms with Crippen LogP contribution in [-0.4, -0.2) is 28.8 Å². The van der Waals surface area contributed by atoms with Crippen molar-refractivity contribution in [2.45, 2.75) is 45.1 Å². The molecular weight excluding hydrogens is 194 g/mol. The summed E-state index contributed by atoms with van der Waals surface area (Å²) in [5.41, 5.74) is 4.80. The standard InChI is InChI=1S/C11H21NO3/c1-8(13)4-5-11(7-12,10(14)15)6-9-2-3-9/h8-9,13H,2-7,12H2,1H3,(H,14,15). The van der Waals surface area contributed by atoms with Crippen molar-refractivity contribution >= 4 is 5.97 Å². The van der Waals surface area contributed by atoms with Crippen LogP contribution < -0.4 is 5.73 Å². The summed E-state index contributed by atoms with van der Waals surface area (Å²) in [5.74, 6) is -0.267. The summed E-state index contributed by atoms with van der Waals surface area (Å²) >= 11 is 0. The van der Waals surface area contributed by atoms with Crippen molar-refractivity contribution in [2.75, 3.05) is 6.54 Å². The van der Waals surface area contributed by atoms with Crippen molar-refractivity contribution in [3.63, 3.8) is 0 Å². The van der Waals surface area contributed by atoms with Gasteiger partial charge in [-0.3, -0.25) is 4.79 Å². The summed E-state index contributed by atoms with van der Waals surface area (Å²) in [6, 6.07) is 0. The number of rotatable bonds is 7. The Balaban J connectivity index is 2.58. The molecule has 1 aliphatic carbocycles. The van der Waals surface area contributed by atoms with E-state index >= 15 is 0 Å². The highest BCUT2D eigenvalue weighted by molar-refractivity contribution is 5.75. The number of hydrogen-bond acceptors (Lipinski definition) is 3. The predicted molar refractivity (Wildman–Crippen MR) is 57.4 cm³/mol. The number of aliphatic hydroxyl groups is 1. The Kier molecular flexibility index (Phi) is 4.11. The molecule has 15 heavy (non-hydrogen) atoms. The zero-order valence-electron chi connectivity index (χ0n) is 9.28. The molecule has 4 heteroatoms. The topological polar surface area (TPSA) is 83.5 Å². The van der Waals surface area contributed by atoms with Crippen LogP contribution in [-0.2, 0) is 4.79 Å². The number of carboxylic acids is 1. The van der Waals surface area contributed by atoms with Crippen LogP contribution in [0.1, 0.15) is 39.0 Å². The Morgan fingerprint density at radius 2 is 2.20 bits per heavy atom. The Morgan fingerprint density at radius 1 is 1.60 bits per heavy atom. The Bertz CT molecular complexity index is 226. The average Bonchev–Trinajstić information content (AvgIpc) is 2.95. The zero-order valence-corrected chi connectivity index (χ0v) is 9.28. The minimum absolute atomic E-state index is 0.172. The maximum absolute atomic E-state index is 11.3. The summed E-state index contributed by atoms with van der Waals surface area (Å²) in [5, 5.41) is 18.5. The van der Waals surface area contributed by atoms with Gasteiger partial charge in [0.2, 0.25) is 0 Å². The summed E-state index contributed by atoms with van der Waals surface area (Å²) in [6.07, 6.45) is 3.47. The maximum Gasteiger partial charge on any atom is 0.310 e. The molecule has 0 aromatic heterocycles. The van der Waals surface area contributed by atoms with E-state index < -0.39 is 17.5 Å². The van der Waals surface area contributed by atoms with Crippen LogP contribution in [0.4, 0.5) is 0 Å². The van der Waals surface area contributed by atoms with E-state index in [1.807, 2.05) is 0 Å². The molecule has 1 fully saturated rings. The van der Waals surface area contributed by atoms with Gasteiger partial charge in [0.05, 0.1) is 11.5 Å². The maximum atomic E-state index is 11.3. The number of aliphatic carboxylic acids is 1. The highest BCUT2D eigenvalue weighted by Crippen LogP contribution is 2.42. The smallest absolute Gasteiger partial charge is 0.310 e. The predicted octanol–water partition coefficient (Wildman–Crippen LogP) is 0.977. The lowest BCUT2D eigenvalue weighted by atomic mass is 9.78. The van der Waals surface area contributed by atoms with E-state index in [-0.39, 0.29) is 6.54 Å². The van der Waals surface area contributed by atoms with Gasteiger partial charge in [0.15, 0.2) is 0 Å². The molecule has 88 valence electrons. The van der Waals surface area contributed by atoms with Crippen LogP contribution in [0, 0.1) is 11.3 Å². The van der Waals surface area contributed by atoms with Gasteiger partial charge in [0, 0.05) is 6.54 Å². The average molecular weight is 215 g/mol. The van der Waals surface area contributed by atoms with Crippen LogP contribution in [0.3, 0.4) is 0 Å². The van der Waals surface area contributed by atoms with E-state index in [1.165, 1.54) is 0 Å². The summed E-state index contributed by atoms with van der Waals surface area (Å²) < 4.78 is 0. The molecule has 0 radical (unpaired) electrons. The van der Waals surface area contributed by atoms with E-state index in [0.717, 1.165) is 12.8 Å². The first kappa shape index (κ1) is 12.5. The number of carboxylic acid groups (broad SMARTS) is 1. The highest BCUT2D eigenvalue weighted by Gasteiger charge is 2.41. The van der Waals surface area contributed by atoms with E-state index in [9.17, 15) is 15.0 Å². The van der Waals surface area contributed by atoms with Crippen molar-refractivity contribution in [1.29, 1.82) is 0 Å². The van der Waals surface area contributed by atoms with Gasteiger partial charge in [0.1, 0.15) is 0 Å². The van der Waals surface area contributed by atoms with E-state index in [4.69, 9.17) is 5.73 Å².